The van der Waals surface area contributed by atoms with Crippen molar-refractivity contribution in [2.75, 3.05) is 5.32 Å². The summed E-state index contributed by atoms with van der Waals surface area (Å²) in [5.74, 6) is 0.903. The second-order valence-corrected chi connectivity index (χ2v) is 6.24. The lowest BCUT2D eigenvalue weighted by atomic mass is 9.97. The number of rotatable bonds is 4. The number of pyridine rings is 3. The van der Waals surface area contributed by atoms with Gasteiger partial charge < -0.3 is 5.11 Å². The molecule has 0 amide bonds. The van der Waals surface area contributed by atoms with E-state index in [1.165, 1.54) is 0 Å². The summed E-state index contributed by atoms with van der Waals surface area (Å²) in [5.41, 5.74) is 2.00. The number of halogens is 1. The zero-order valence-electron chi connectivity index (χ0n) is 13.7. The number of H-pyrrole nitrogens is 1. The van der Waals surface area contributed by atoms with Crippen molar-refractivity contribution in [2.24, 2.45) is 0 Å². The van der Waals surface area contributed by atoms with Crippen LogP contribution >= 0.6 is 11.6 Å². The zero-order chi connectivity index (χ0) is 17.9. The Morgan fingerprint density at radius 3 is 2.73 bits per heavy atom. The van der Waals surface area contributed by atoms with Crippen LogP contribution in [0.3, 0.4) is 0 Å². The highest BCUT2D eigenvalue weighted by molar-refractivity contribution is 6.35. The van der Waals surface area contributed by atoms with Gasteiger partial charge in [-0.1, -0.05) is 23.7 Å². The third kappa shape index (κ3) is 3.05. The van der Waals surface area contributed by atoms with Crippen LogP contribution in [0.4, 0.5) is 5.82 Å². The van der Waals surface area contributed by atoms with E-state index in [2.05, 4.69) is 20.3 Å². The Morgan fingerprint density at radius 1 is 1.08 bits per heavy atom. The third-order valence-electron chi connectivity index (χ3n) is 4.18. The van der Waals surface area contributed by atoms with E-state index in [1.54, 1.807) is 30.7 Å². The van der Waals surface area contributed by atoms with Gasteiger partial charge in [-0.3, -0.25) is 15.3 Å². The molecule has 0 fully saturated rings. The first kappa shape index (κ1) is 16.3. The van der Waals surface area contributed by atoms with E-state index in [0.717, 1.165) is 11.4 Å². The third-order valence-corrected chi connectivity index (χ3v) is 4.50. The molecule has 0 aliphatic rings. The van der Waals surface area contributed by atoms with Crippen molar-refractivity contribution in [1.82, 2.24) is 9.97 Å². The van der Waals surface area contributed by atoms with Gasteiger partial charge >= 0.3 is 0 Å². The molecule has 0 bridgehead atoms. The van der Waals surface area contributed by atoms with Crippen molar-refractivity contribution < 1.29 is 10.1 Å². The van der Waals surface area contributed by atoms with Crippen molar-refractivity contribution >= 4 is 28.3 Å². The van der Waals surface area contributed by atoms with Crippen LogP contribution < -0.4 is 10.3 Å². The molecule has 0 unspecified atom stereocenters. The largest absolute Gasteiger partial charge is 0.505 e. The number of aromatic amines is 1. The van der Waals surface area contributed by atoms with Crippen LogP contribution in [0.2, 0.25) is 5.02 Å². The lowest BCUT2D eigenvalue weighted by Gasteiger charge is -2.18. The lowest BCUT2D eigenvalue weighted by Crippen LogP contribution is -2.19. The van der Waals surface area contributed by atoms with Gasteiger partial charge in [0.1, 0.15) is 17.3 Å². The number of anilines is 1. The molecule has 0 radical (unpaired) electrons. The SMILES string of the molecule is Oc1c([C@@H](Nc2cccc[nH+]2)c2cccnc2)cc(Cl)c2cccnc12. The zero-order valence-corrected chi connectivity index (χ0v) is 14.5. The molecule has 0 saturated carbocycles. The van der Waals surface area contributed by atoms with E-state index in [-0.39, 0.29) is 11.8 Å². The molecule has 0 aliphatic heterocycles. The molecule has 128 valence electrons. The van der Waals surface area contributed by atoms with Gasteiger partial charge in [0.05, 0.1) is 11.2 Å². The van der Waals surface area contributed by atoms with Crippen LogP contribution in [0.25, 0.3) is 10.9 Å². The van der Waals surface area contributed by atoms with Gasteiger partial charge in [0.15, 0.2) is 0 Å². The molecule has 0 aliphatic carbocycles. The highest BCUT2D eigenvalue weighted by Crippen LogP contribution is 2.39. The number of benzene rings is 1. The number of phenolic OH excluding ortho intramolecular Hbond substituents is 1. The molecule has 0 saturated heterocycles. The lowest BCUT2D eigenvalue weighted by molar-refractivity contribution is -0.361. The summed E-state index contributed by atoms with van der Waals surface area (Å²) >= 11 is 6.47. The van der Waals surface area contributed by atoms with Crippen LogP contribution in [0.1, 0.15) is 17.2 Å². The Bertz CT molecular complexity index is 1040. The van der Waals surface area contributed by atoms with Crippen LogP contribution in [-0.2, 0) is 0 Å². The molecule has 4 aromatic rings. The summed E-state index contributed by atoms with van der Waals surface area (Å²) < 4.78 is 0. The molecule has 3 N–H and O–H groups in total. The molecule has 4 rings (SSSR count). The molecular weight excluding hydrogens is 348 g/mol. The van der Waals surface area contributed by atoms with Gasteiger partial charge in [-0.2, -0.15) is 0 Å². The monoisotopic (exact) mass is 363 g/mol. The summed E-state index contributed by atoms with van der Waals surface area (Å²) in [6, 6.07) is 14.6. The normalized spacial score (nSPS) is 12.0. The Balaban J connectivity index is 1.89. The molecule has 6 heteroatoms. The average molecular weight is 364 g/mol. The minimum Gasteiger partial charge on any atom is -0.505 e. The van der Waals surface area contributed by atoms with E-state index >= 15 is 0 Å². The topological polar surface area (TPSA) is 72.2 Å². The van der Waals surface area contributed by atoms with Gasteiger partial charge in [0.2, 0.25) is 0 Å². The van der Waals surface area contributed by atoms with Gasteiger partial charge in [0.25, 0.3) is 5.82 Å². The van der Waals surface area contributed by atoms with Gasteiger partial charge in [-0.15, -0.1) is 0 Å². The summed E-state index contributed by atoms with van der Waals surface area (Å²) in [6.45, 7) is 0. The smallest absolute Gasteiger partial charge is 0.272 e. The van der Waals surface area contributed by atoms with Crippen molar-refractivity contribution in [2.45, 2.75) is 6.04 Å². The first-order chi connectivity index (χ1) is 12.7. The molecular formula is C20H16ClN4O+. The second kappa shape index (κ2) is 6.98. The molecule has 5 nitrogen and oxygen atoms in total. The molecule has 26 heavy (non-hydrogen) atoms. The quantitative estimate of drug-likeness (QED) is 0.574. The number of hydrogen-bond donors (Lipinski definition) is 2. The fourth-order valence-electron chi connectivity index (χ4n) is 2.95. The Labute approximate surface area is 155 Å². The van der Waals surface area contributed by atoms with Crippen molar-refractivity contribution in [1.29, 1.82) is 0 Å². The van der Waals surface area contributed by atoms with E-state index in [0.29, 0.717) is 21.5 Å². The number of hydrogen-bond acceptors (Lipinski definition) is 4. The standard InChI is InChI=1S/C20H15ClN4O/c21-16-11-15(20(26)19-14(16)6-4-10-24-19)18(13-5-3-8-22-12-13)25-17-7-1-2-9-23-17/h1-12,18,26H,(H,23,25)/p+1/t18-/m0/s1. The van der Waals surface area contributed by atoms with Gasteiger partial charge in [-0.05, 0) is 30.3 Å². The Kier molecular flexibility index (Phi) is 4.37. The van der Waals surface area contributed by atoms with Gasteiger partial charge in [0, 0.05) is 41.2 Å². The molecule has 3 aromatic heterocycles. The van der Waals surface area contributed by atoms with Crippen molar-refractivity contribution in [3.05, 3.63) is 89.5 Å². The number of aromatic nitrogens is 3. The number of nitrogens with one attached hydrogen (secondary N) is 2. The van der Waals surface area contributed by atoms with Crippen molar-refractivity contribution in [3.8, 4) is 5.75 Å². The van der Waals surface area contributed by atoms with Crippen LogP contribution in [0.5, 0.6) is 5.75 Å². The van der Waals surface area contributed by atoms with E-state index in [4.69, 9.17) is 11.6 Å². The predicted molar refractivity (Wildman–Crippen MR) is 101 cm³/mol. The number of nitrogens with zero attached hydrogens (tertiary/aromatic N) is 2. The maximum Gasteiger partial charge on any atom is 0.272 e. The van der Waals surface area contributed by atoms with Gasteiger partial charge in [-0.25, -0.2) is 4.98 Å². The van der Waals surface area contributed by atoms with E-state index in [9.17, 15) is 5.11 Å². The first-order valence-corrected chi connectivity index (χ1v) is 8.51. The van der Waals surface area contributed by atoms with Crippen molar-refractivity contribution in [3.63, 3.8) is 0 Å². The molecule has 0 spiro atoms. The molecule has 1 aromatic carbocycles. The number of fused-ring (bicyclic) bond motifs is 1. The predicted octanol–water partition coefficient (Wildman–Crippen LogP) is 4.00. The Hall–Kier alpha value is -3.18. The van der Waals surface area contributed by atoms with E-state index < -0.39 is 0 Å². The maximum atomic E-state index is 10.9. The highest BCUT2D eigenvalue weighted by Gasteiger charge is 2.25. The fraction of sp³-hybridized carbons (Fsp3) is 0.0500. The maximum absolute atomic E-state index is 10.9. The summed E-state index contributed by atoms with van der Waals surface area (Å²) in [6.07, 6.45) is 6.94. The number of phenols is 1. The minimum absolute atomic E-state index is 0.0993. The highest BCUT2D eigenvalue weighted by atomic mass is 35.5. The molecule has 1 atom stereocenters. The summed E-state index contributed by atoms with van der Waals surface area (Å²) in [7, 11) is 0. The van der Waals surface area contributed by atoms with Crippen LogP contribution in [0, 0.1) is 0 Å². The summed E-state index contributed by atoms with van der Waals surface area (Å²) in [5, 5.41) is 15.5. The fourth-order valence-corrected chi connectivity index (χ4v) is 3.22. The number of aromatic hydroxyl groups is 1. The Morgan fingerprint density at radius 2 is 1.96 bits per heavy atom. The van der Waals surface area contributed by atoms with Crippen LogP contribution in [-0.4, -0.2) is 15.1 Å². The average Bonchev–Trinajstić information content (AvgIpc) is 2.71. The summed E-state index contributed by atoms with van der Waals surface area (Å²) in [4.78, 5) is 11.7. The van der Waals surface area contributed by atoms with E-state index in [1.807, 2.05) is 42.6 Å². The van der Waals surface area contributed by atoms with Crippen LogP contribution in [0.15, 0.2) is 73.3 Å². The minimum atomic E-state index is -0.355. The molecule has 3 heterocycles. The first-order valence-electron chi connectivity index (χ1n) is 8.13. The second-order valence-electron chi connectivity index (χ2n) is 5.84.